The number of rotatable bonds is 4. The Kier molecular flexibility index (Phi) is 4.41. The van der Waals surface area contributed by atoms with Crippen LogP contribution in [0.5, 0.6) is 0 Å². The van der Waals surface area contributed by atoms with Crippen molar-refractivity contribution in [3.8, 4) is 0 Å². The summed E-state index contributed by atoms with van der Waals surface area (Å²) in [6.07, 6.45) is 3.35. The van der Waals surface area contributed by atoms with Crippen molar-refractivity contribution in [2.45, 2.75) is 31.8 Å². The second-order valence-electron chi connectivity index (χ2n) is 5.85. The van der Waals surface area contributed by atoms with Crippen LogP contribution in [0.15, 0.2) is 34.7 Å². The molecular weight excluding hydrogens is 316 g/mol. The third-order valence-corrected chi connectivity index (χ3v) is 5.38. The van der Waals surface area contributed by atoms with Gasteiger partial charge in [-0.15, -0.1) is 0 Å². The second-order valence-corrected chi connectivity index (χ2v) is 7.79. The molecule has 1 atom stereocenters. The molecule has 0 bridgehead atoms. The summed E-state index contributed by atoms with van der Waals surface area (Å²) in [4.78, 5) is 12.4. The summed E-state index contributed by atoms with van der Waals surface area (Å²) < 4.78 is 30.6. The first-order chi connectivity index (χ1) is 10.9. The van der Waals surface area contributed by atoms with Crippen molar-refractivity contribution >= 4 is 26.9 Å². The van der Waals surface area contributed by atoms with E-state index < -0.39 is 16.1 Å². The van der Waals surface area contributed by atoms with Crippen LogP contribution in [0, 0.1) is 0 Å². The lowest BCUT2D eigenvalue weighted by molar-refractivity contribution is -0.125. The number of fused-ring (bicyclic) bond motifs is 1. The van der Waals surface area contributed by atoms with Gasteiger partial charge in [-0.1, -0.05) is 24.6 Å². The van der Waals surface area contributed by atoms with Gasteiger partial charge < -0.3 is 9.73 Å². The zero-order chi connectivity index (χ0) is 16.4. The number of benzene rings is 1. The summed E-state index contributed by atoms with van der Waals surface area (Å²) in [6, 6.07) is 8.88. The largest absolute Gasteiger partial charge is 0.459 e. The molecule has 1 saturated heterocycles. The molecule has 3 rings (SSSR count). The zero-order valence-corrected chi connectivity index (χ0v) is 13.8. The van der Waals surface area contributed by atoms with E-state index in [1.807, 2.05) is 30.3 Å². The Balaban J connectivity index is 1.68. The van der Waals surface area contributed by atoms with Crippen LogP contribution in [0.3, 0.4) is 0 Å². The van der Waals surface area contributed by atoms with Crippen molar-refractivity contribution < 1.29 is 17.6 Å². The summed E-state index contributed by atoms with van der Waals surface area (Å²) in [6.45, 7) is 0.656. The van der Waals surface area contributed by atoms with E-state index in [2.05, 4.69) is 5.32 Å². The lowest BCUT2D eigenvalue weighted by Gasteiger charge is -2.32. The topological polar surface area (TPSA) is 79.6 Å². The first-order valence-electron chi connectivity index (χ1n) is 7.67. The molecule has 6 nitrogen and oxygen atoms in total. The Bertz CT molecular complexity index is 779. The van der Waals surface area contributed by atoms with Gasteiger partial charge in [-0.05, 0) is 25.0 Å². The molecule has 2 aromatic rings. The quantitative estimate of drug-likeness (QED) is 0.924. The van der Waals surface area contributed by atoms with Crippen LogP contribution in [0.4, 0.5) is 0 Å². The van der Waals surface area contributed by atoms with E-state index in [0.717, 1.165) is 30.1 Å². The number of sulfonamides is 1. The van der Waals surface area contributed by atoms with Gasteiger partial charge in [0.1, 0.15) is 17.4 Å². The minimum Gasteiger partial charge on any atom is -0.459 e. The molecule has 23 heavy (non-hydrogen) atoms. The van der Waals surface area contributed by atoms with Crippen LogP contribution in [-0.2, 0) is 21.4 Å². The van der Waals surface area contributed by atoms with Crippen molar-refractivity contribution in [2.75, 3.05) is 12.8 Å². The van der Waals surface area contributed by atoms with E-state index in [1.165, 1.54) is 4.31 Å². The predicted octanol–water partition coefficient (Wildman–Crippen LogP) is 1.86. The van der Waals surface area contributed by atoms with Crippen molar-refractivity contribution in [2.24, 2.45) is 0 Å². The number of nitrogens with zero attached hydrogens (tertiary/aromatic N) is 1. The van der Waals surface area contributed by atoms with Gasteiger partial charge in [0.2, 0.25) is 15.9 Å². The molecule has 7 heteroatoms. The van der Waals surface area contributed by atoms with Gasteiger partial charge in [-0.2, -0.15) is 4.31 Å². The fraction of sp³-hybridized carbons (Fsp3) is 0.438. The monoisotopic (exact) mass is 336 g/mol. The molecule has 0 saturated carbocycles. The van der Waals surface area contributed by atoms with Gasteiger partial charge in [0.15, 0.2) is 0 Å². The van der Waals surface area contributed by atoms with Crippen LogP contribution in [0.1, 0.15) is 25.0 Å². The molecule has 0 spiro atoms. The molecule has 1 N–H and O–H groups in total. The number of amides is 1. The third kappa shape index (κ3) is 3.56. The van der Waals surface area contributed by atoms with Crippen LogP contribution in [0.25, 0.3) is 11.0 Å². The summed E-state index contributed by atoms with van der Waals surface area (Å²) in [5, 5.41) is 3.77. The molecule has 1 aromatic carbocycles. The third-order valence-electron chi connectivity index (χ3n) is 4.10. The Morgan fingerprint density at radius 2 is 2.13 bits per heavy atom. The molecule has 0 radical (unpaired) electrons. The van der Waals surface area contributed by atoms with Gasteiger partial charge in [-0.3, -0.25) is 4.79 Å². The number of carbonyl (C=O) groups is 1. The predicted molar refractivity (Wildman–Crippen MR) is 87.2 cm³/mol. The van der Waals surface area contributed by atoms with Crippen LogP contribution in [-0.4, -0.2) is 37.5 Å². The fourth-order valence-corrected chi connectivity index (χ4v) is 4.10. The number of furan rings is 1. The van der Waals surface area contributed by atoms with E-state index in [-0.39, 0.29) is 12.5 Å². The van der Waals surface area contributed by atoms with Crippen molar-refractivity contribution in [1.29, 1.82) is 0 Å². The maximum Gasteiger partial charge on any atom is 0.238 e. The number of hydrogen-bond donors (Lipinski definition) is 1. The molecule has 0 aliphatic carbocycles. The van der Waals surface area contributed by atoms with E-state index in [4.69, 9.17) is 4.42 Å². The SMILES string of the molecule is CS(=O)(=O)N1CCCCC1C(=O)NCc1cc2ccccc2o1. The lowest BCUT2D eigenvalue weighted by Crippen LogP contribution is -2.51. The van der Waals surface area contributed by atoms with Crippen LogP contribution < -0.4 is 5.32 Å². The Morgan fingerprint density at radius 1 is 1.35 bits per heavy atom. The smallest absolute Gasteiger partial charge is 0.238 e. The highest BCUT2D eigenvalue weighted by molar-refractivity contribution is 7.88. The molecule has 1 aliphatic heterocycles. The van der Waals surface area contributed by atoms with Crippen molar-refractivity contribution in [3.05, 3.63) is 36.1 Å². The van der Waals surface area contributed by atoms with Crippen LogP contribution >= 0.6 is 0 Å². The van der Waals surface area contributed by atoms with Gasteiger partial charge in [-0.25, -0.2) is 8.42 Å². The highest BCUT2D eigenvalue weighted by Gasteiger charge is 2.34. The maximum absolute atomic E-state index is 12.4. The minimum absolute atomic E-state index is 0.252. The van der Waals surface area contributed by atoms with Gasteiger partial charge in [0.25, 0.3) is 0 Å². The molecule has 1 unspecified atom stereocenters. The lowest BCUT2D eigenvalue weighted by atomic mass is 10.0. The zero-order valence-electron chi connectivity index (χ0n) is 13.0. The van der Waals surface area contributed by atoms with Gasteiger partial charge >= 0.3 is 0 Å². The Labute approximate surface area is 135 Å². The molecule has 124 valence electrons. The summed E-state index contributed by atoms with van der Waals surface area (Å²) >= 11 is 0. The summed E-state index contributed by atoms with van der Waals surface area (Å²) in [5.74, 6) is 0.386. The average molecular weight is 336 g/mol. The molecular formula is C16H20N2O4S. The highest BCUT2D eigenvalue weighted by Crippen LogP contribution is 2.21. The maximum atomic E-state index is 12.4. The number of para-hydroxylation sites is 1. The number of carbonyl (C=O) groups excluding carboxylic acids is 1. The minimum atomic E-state index is -3.37. The van der Waals surface area contributed by atoms with E-state index >= 15 is 0 Å². The summed E-state index contributed by atoms with van der Waals surface area (Å²) in [5.41, 5.74) is 0.771. The normalized spacial score (nSPS) is 19.8. The highest BCUT2D eigenvalue weighted by atomic mass is 32.2. The van der Waals surface area contributed by atoms with Gasteiger partial charge in [0.05, 0.1) is 12.8 Å². The molecule has 1 amide bonds. The number of nitrogens with one attached hydrogen (secondary N) is 1. The van der Waals surface area contributed by atoms with E-state index in [1.54, 1.807) is 0 Å². The van der Waals surface area contributed by atoms with Crippen LogP contribution in [0.2, 0.25) is 0 Å². The standard InChI is InChI=1S/C16H20N2O4S/c1-23(20,21)18-9-5-4-7-14(18)16(19)17-11-13-10-12-6-2-3-8-15(12)22-13/h2-3,6,8,10,14H,4-5,7,9,11H2,1H3,(H,17,19). The first-order valence-corrected chi connectivity index (χ1v) is 9.52. The van der Waals surface area contributed by atoms with Gasteiger partial charge in [0, 0.05) is 11.9 Å². The molecule has 1 aliphatic rings. The second kappa shape index (κ2) is 6.33. The fourth-order valence-electron chi connectivity index (χ4n) is 2.98. The van der Waals surface area contributed by atoms with Crippen molar-refractivity contribution in [3.63, 3.8) is 0 Å². The first kappa shape index (κ1) is 16.0. The Hall–Kier alpha value is -1.86. The Morgan fingerprint density at radius 3 is 2.87 bits per heavy atom. The van der Waals surface area contributed by atoms with E-state index in [9.17, 15) is 13.2 Å². The number of hydrogen-bond acceptors (Lipinski definition) is 4. The molecule has 1 fully saturated rings. The average Bonchev–Trinajstić information content (AvgIpc) is 2.94. The number of piperidine rings is 1. The molecule has 2 heterocycles. The summed E-state index contributed by atoms with van der Waals surface area (Å²) in [7, 11) is -3.37. The molecule has 1 aromatic heterocycles. The van der Waals surface area contributed by atoms with Crippen molar-refractivity contribution in [1.82, 2.24) is 9.62 Å². The van der Waals surface area contributed by atoms with E-state index in [0.29, 0.717) is 18.7 Å².